The number of hydrogen-bond donors (Lipinski definition) is 2. The van der Waals surface area contributed by atoms with Crippen LogP contribution in [0.4, 0.5) is 0 Å². The van der Waals surface area contributed by atoms with Gasteiger partial charge in [0.1, 0.15) is 0 Å². The van der Waals surface area contributed by atoms with Crippen molar-refractivity contribution in [1.29, 1.82) is 0 Å². The Hall–Kier alpha value is -1.16. The highest BCUT2D eigenvalue weighted by atomic mass is 16.4. The molecule has 0 amide bonds. The summed E-state index contributed by atoms with van der Waals surface area (Å²) in [6.45, 7) is -0.0490. The van der Waals surface area contributed by atoms with Gasteiger partial charge >= 0.3 is 5.97 Å². The molecular weight excluding hydrogens is 148 g/mol. The van der Waals surface area contributed by atoms with Gasteiger partial charge in [0.25, 0.3) is 0 Å². The molecule has 0 heterocycles. The summed E-state index contributed by atoms with van der Waals surface area (Å²) in [7, 11) is 0. The highest BCUT2D eigenvalue weighted by molar-refractivity contribution is 5.95. The van der Waals surface area contributed by atoms with Crippen molar-refractivity contribution in [2.24, 2.45) is 0 Å². The maximum absolute atomic E-state index is 10.6. The number of carbonyl (C=O) groups excluding carboxylic acids is 1. The van der Waals surface area contributed by atoms with Crippen molar-refractivity contribution in [3.05, 3.63) is 12.2 Å². The summed E-state index contributed by atoms with van der Waals surface area (Å²) < 4.78 is 0. The molecule has 4 heteroatoms. The Bertz CT molecular complexity index is 171. The van der Waals surface area contributed by atoms with E-state index in [1.807, 2.05) is 0 Å². The summed E-state index contributed by atoms with van der Waals surface area (Å²) in [4.78, 5) is 20.5. The van der Waals surface area contributed by atoms with Crippen LogP contribution < -0.4 is 0 Å². The third kappa shape index (κ3) is 6.73. The van der Waals surface area contributed by atoms with E-state index in [-0.39, 0.29) is 18.8 Å². The van der Waals surface area contributed by atoms with Crippen molar-refractivity contribution < 1.29 is 19.8 Å². The van der Waals surface area contributed by atoms with Crippen LogP contribution in [0.25, 0.3) is 0 Å². The predicted molar refractivity (Wildman–Crippen MR) is 38.1 cm³/mol. The van der Waals surface area contributed by atoms with Gasteiger partial charge in [0.05, 0.1) is 0 Å². The van der Waals surface area contributed by atoms with Crippen LogP contribution in [-0.4, -0.2) is 28.6 Å². The van der Waals surface area contributed by atoms with Crippen LogP contribution in [0.15, 0.2) is 12.2 Å². The first-order chi connectivity index (χ1) is 5.16. The highest BCUT2D eigenvalue weighted by Gasteiger charge is 1.95. The summed E-state index contributed by atoms with van der Waals surface area (Å²) in [6.07, 6.45) is 2.36. The SMILES string of the molecule is O=C(O)/C=C/C(=O)CCCO. The molecule has 0 saturated heterocycles. The van der Waals surface area contributed by atoms with Crippen LogP contribution in [-0.2, 0) is 9.59 Å². The van der Waals surface area contributed by atoms with E-state index in [0.717, 1.165) is 12.2 Å². The van der Waals surface area contributed by atoms with Crippen molar-refractivity contribution in [3.8, 4) is 0 Å². The molecule has 0 aromatic carbocycles. The molecule has 0 radical (unpaired) electrons. The zero-order valence-corrected chi connectivity index (χ0v) is 5.99. The molecule has 0 unspecified atom stereocenters. The van der Waals surface area contributed by atoms with Crippen molar-refractivity contribution in [3.63, 3.8) is 0 Å². The van der Waals surface area contributed by atoms with E-state index in [4.69, 9.17) is 10.2 Å². The third-order valence-electron chi connectivity index (χ3n) is 0.993. The molecule has 0 aliphatic heterocycles. The minimum Gasteiger partial charge on any atom is -0.478 e. The first-order valence-electron chi connectivity index (χ1n) is 3.21. The average Bonchev–Trinajstić information content (AvgIpc) is 1.97. The number of carboxylic acid groups (broad SMARTS) is 1. The number of carbonyl (C=O) groups is 2. The largest absolute Gasteiger partial charge is 0.478 e. The van der Waals surface area contributed by atoms with Crippen LogP contribution in [0.2, 0.25) is 0 Å². The fraction of sp³-hybridized carbons (Fsp3) is 0.429. The number of hydrogen-bond acceptors (Lipinski definition) is 3. The topological polar surface area (TPSA) is 74.6 Å². The Morgan fingerprint density at radius 2 is 1.91 bits per heavy atom. The Morgan fingerprint density at radius 3 is 2.36 bits per heavy atom. The fourth-order valence-electron chi connectivity index (χ4n) is 0.501. The van der Waals surface area contributed by atoms with Crippen LogP contribution in [0.3, 0.4) is 0 Å². The van der Waals surface area contributed by atoms with Gasteiger partial charge in [-0.2, -0.15) is 0 Å². The summed E-state index contributed by atoms with van der Waals surface area (Å²) >= 11 is 0. The summed E-state index contributed by atoms with van der Waals surface area (Å²) in [5.74, 6) is -1.41. The number of aliphatic carboxylic acids is 1. The first-order valence-corrected chi connectivity index (χ1v) is 3.21. The van der Waals surface area contributed by atoms with Crippen LogP contribution >= 0.6 is 0 Å². The van der Waals surface area contributed by atoms with Gasteiger partial charge in [0.15, 0.2) is 5.78 Å². The number of allylic oxidation sites excluding steroid dienone is 1. The molecule has 62 valence electrons. The van der Waals surface area contributed by atoms with Gasteiger partial charge in [-0.1, -0.05) is 0 Å². The second kappa shape index (κ2) is 5.61. The summed E-state index contributed by atoms with van der Waals surface area (Å²) in [6, 6.07) is 0. The van der Waals surface area contributed by atoms with E-state index in [1.165, 1.54) is 0 Å². The Kier molecular flexibility index (Phi) is 5.02. The highest BCUT2D eigenvalue weighted by Crippen LogP contribution is 1.90. The number of aliphatic hydroxyl groups is 1. The molecule has 0 spiro atoms. The van der Waals surface area contributed by atoms with E-state index < -0.39 is 5.97 Å². The number of carboxylic acids is 1. The molecule has 0 fully saturated rings. The first kappa shape index (κ1) is 9.84. The molecule has 0 saturated carbocycles. The molecule has 11 heavy (non-hydrogen) atoms. The molecule has 0 aliphatic carbocycles. The summed E-state index contributed by atoms with van der Waals surface area (Å²) in [5, 5.41) is 16.4. The van der Waals surface area contributed by atoms with E-state index >= 15 is 0 Å². The zero-order chi connectivity index (χ0) is 8.69. The normalized spacial score (nSPS) is 10.3. The lowest BCUT2D eigenvalue weighted by atomic mass is 10.2. The van der Waals surface area contributed by atoms with E-state index in [1.54, 1.807) is 0 Å². The minimum atomic E-state index is -1.14. The smallest absolute Gasteiger partial charge is 0.328 e. The van der Waals surface area contributed by atoms with Gasteiger partial charge in [-0.3, -0.25) is 4.79 Å². The molecule has 4 nitrogen and oxygen atoms in total. The van der Waals surface area contributed by atoms with E-state index in [2.05, 4.69) is 0 Å². The van der Waals surface area contributed by atoms with Crippen molar-refractivity contribution >= 4 is 11.8 Å². The third-order valence-corrected chi connectivity index (χ3v) is 0.993. The van der Waals surface area contributed by atoms with E-state index in [0.29, 0.717) is 6.42 Å². The van der Waals surface area contributed by atoms with Gasteiger partial charge in [-0.25, -0.2) is 4.79 Å². The van der Waals surface area contributed by atoms with Gasteiger partial charge in [-0.15, -0.1) is 0 Å². The van der Waals surface area contributed by atoms with Gasteiger partial charge in [0, 0.05) is 19.1 Å². The van der Waals surface area contributed by atoms with Gasteiger partial charge in [-0.05, 0) is 12.5 Å². The molecule has 0 aromatic heterocycles. The molecule has 0 atom stereocenters. The van der Waals surface area contributed by atoms with Crippen molar-refractivity contribution in [2.75, 3.05) is 6.61 Å². The maximum atomic E-state index is 10.6. The molecule has 0 aliphatic rings. The average molecular weight is 158 g/mol. The second-order valence-corrected chi connectivity index (χ2v) is 1.97. The standard InChI is InChI=1S/C7H10O4/c8-5-1-2-6(9)3-4-7(10)11/h3-4,8H,1-2,5H2,(H,10,11)/b4-3+. The lowest BCUT2D eigenvalue weighted by Crippen LogP contribution is -1.96. The molecule has 0 rings (SSSR count). The zero-order valence-electron chi connectivity index (χ0n) is 5.99. The van der Waals surface area contributed by atoms with Crippen molar-refractivity contribution in [2.45, 2.75) is 12.8 Å². The minimum absolute atomic E-state index is 0.0490. The Morgan fingerprint density at radius 1 is 1.27 bits per heavy atom. The van der Waals surface area contributed by atoms with E-state index in [9.17, 15) is 9.59 Å². The van der Waals surface area contributed by atoms with Crippen LogP contribution in [0.1, 0.15) is 12.8 Å². The number of rotatable bonds is 5. The summed E-state index contributed by atoms with van der Waals surface area (Å²) in [5.41, 5.74) is 0. The lowest BCUT2D eigenvalue weighted by Gasteiger charge is -1.89. The molecule has 0 bridgehead atoms. The predicted octanol–water partition coefficient (Wildman–Crippen LogP) is -0.0312. The van der Waals surface area contributed by atoms with Gasteiger partial charge in [0.2, 0.25) is 0 Å². The fourth-order valence-corrected chi connectivity index (χ4v) is 0.501. The monoisotopic (exact) mass is 158 g/mol. The van der Waals surface area contributed by atoms with Gasteiger partial charge < -0.3 is 10.2 Å². The van der Waals surface area contributed by atoms with Crippen LogP contribution in [0, 0.1) is 0 Å². The quantitative estimate of drug-likeness (QED) is 0.551. The second-order valence-electron chi connectivity index (χ2n) is 1.97. The number of aliphatic hydroxyl groups excluding tert-OH is 1. The Labute approximate surface area is 64.2 Å². The maximum Gasteiger partial charge on any atom is 0.328 e. The van der Waals surface area contributed by atoms with Crippen molar-refractivity contribution in [1.82, 2.24) is 0 Å². The molecule has 0 aromatic rings. The lowest BCUT2D eigenvalue weighted by molar-refractivity contribution is -0.131. The molecule has 2 N–H and O–H groups in total. The molecular formula is C7H10O4. The van der Waals surface area contributed by atoms with Crippen LogP contribution in [0.5, 0.6) is 0 Å². The Balaban J connectivity index is 3.60. The number of ketones is 1.